The van der Waals surface area contributed by atoms with Crippen molar-refractivity contribution < 1.29 is 9.53 Å². The van der Waals surface area contributed by atoms with Crippen LogP contribution < -0.4 is 10.2 Å². The lowest BCUT2D eigenvalue weighted by Gasteiger charge is -2.23. The van der Waals surface area contributed by atoms with Crippen LogP contribution in [-0.4, -0.2) is 31.7 Å². The van der Waals surface area contributed by atoms with Gasteiger partial charge in [0.15, 0.2) is 0 Å². The Kier molecular flexibility index (Phi) is 4.33. The second-order valence-corrected chi connectivity index (χ2v) is 4.70. The minimum atomic E-state index is 0.104. The Balaban J connectivity index is 2.13. The van der Waals surface area contributed by atoms with Gasteiger partial charge in [0.05, 0.1) is 19.3 Å². The molecule has 0 aliphatic carbocycles. The molecule has 4 nitrogen and oxygen atoms in total. The summed E-state index contributed by atoms with van der Waals surface area (Å²) in [4.78, 5) is 13.9. The molecule has 1 aliphatic heterocycles. The summed E-state index contributed by atoms with van der Waals surface area (Å²) in [6.07, 6.45) is 0.195. The van der Waals surface area contributed by atoms with Crippen LogP contribution in [0.1, 0.15) is 19.4 Å². The Morgan fingerprint density at radius 2 is 2.11 bits per heavy atom. The first-order chi connectivity index (χ1) is 8.68. The van der Waals surface area contributed by atoms with Gasteiger partial charge in [-0.25, -0.2) is 0 Å². The number of hydrogen-bond acceptors (Lipinski definition) is 3. The number of carbonyl (C=O) groups excluding carboxylic acids is 1. The average molecular weight is 248 g/mol. The van der Waals surface area contributed by atoms with Gasteiger partial charge in [0.1, 0.15) is 0 Å². The predicted octanol–water partition coefficient (Wildman–Crippen LogP) is 1.55. The monoisotopic (exact) mass is 248 g/mol. The minimum Gasteiger partial charge on any atom is -0.377 e. The highest BCUT2D eigenvalue weighted by Crippen LogP contribution is 2.22. The lowest BCUT2D eigenvalue weighted by atomic mass is 10.1. The fraction of sp³-hybridized carbons (Fsp3) is 0.500. The molecule has 98 valence electrons. The van der Waals surface area contributed by atoms with Gasteiger partial charge in [0.25, 0.3) is 0 Å². The number of para-hydroxylation sites is 1. The van der Waals surface area contributed by atoms with E-state index >= 15 is 0 Å². The number of nitrogens with zero attached hydrogens (tertiary/aromatic N) is 1. The molecule has 1 amide bonds. The number of carbonyl (C=O) groups is 1. The second kappa shape index (κ2) is 5.98. The van der Waals surface area contributed by atoms with Gasteiger partial charge in [0.2, 0.25) is 5.91 Å². The van der Waals surface area contributed by atoms with Crippen molar-refractivity contribution in [2.75, 3.05) is 24.6 Å². The summed E-state index contributed by atoms with van der Waals surface area (Å²) >= 11 is 0. The van der Waals surface area contributed by atoms with Gasteiger partial charge < -0.3 is 15.0 Å². The van der Waals surface area contributed by atoms with Crippen LogP contribution in [0.25, 0.3) is 0 Å². The number of rotatable bonds is 4. The van der Waals surface area contributed by atoms with Crippen LogP contribution in [0.2, 0.25) is 0 Å². The smallest absolute Gasteiger partial charge is 0.241 e. The van der Waals surface area contributed by atoms with Crippen LogP contribution >= 0.6 is 0 Å². The third-order valence-electron chi connectivity index (χ3n) is 2.94. The first kappa shape index (κ1) is 13.1. The van der Waals surface area contributed by atoms with Crippen molar-refractivity contribution in [3.8, 4) is 0 Å². The maximum atomic E-state index is 12.1. The van der Waals surface area contributed by atoms with E-state index in [9.17, 15) is 4.79 Å². The Bertz CT molecular complexity index is 418. The van der Waals surface area contributed by atoms with Crippen LogP contribution in [0.15, 0.2) is 24.3 Å². The Hall–Kier alpha value is -1.39. The summed E-state index contributed by atoms with van der Waals surface area (Å²) in [7, 11) is 0. The largest absolute Gasteiger partial charge is 0.377 e. The Labute approximate surface area is 108 Å². The van der Waals surface area contributed by atoms with Crippen molar-refractivity contribution in [1.29, 1.82) is 0 Å². The molecule has 1 aliphatic rings. The summed E-state index contributed by atoms with van der Waals surface area (Å²) < 4.78 is 5.53. The van der Waals surface area contributed by atoms with E-state index in [0.29, 0.717) is 19.7 Å². The van der Waals surface area contributed by atoms with Crippen LogP contribution in [0.4, 0.5) is 5.69 Å². The number of fused-ring (bicyclic) bond motifs is 1. The number of amides is 1. The Morgan fingerprint density at radius 3 is 2.89 bits per heavy atom. The number of ether oxygens (including phenoxy) is 1. The molecule has 18 heavy (non-hydrogen) atoms. The van der Waals surface area contributed by atoms with Crippen LogP contribution in [0.3, 0.4) is 0 Å². The molecule has 4 heteroatoms. The highest BCUT2D eigenvalue weighted by molar-refractivity contribution is 5.96. The normalized spacial score (nSPS) is 15.7. The van der Waals surface area contributed by atoms with E-state index in [1.807, 2.05) is 36.9 Å². The summed E-state index contributed by atoms with van der Waals surface area (Å²) in [6.45, 7) is 6.30. The van der Waals surface area contributed by atoms with E-state index < -0.39 is 0 Å². The van der Waals surface area contributed by atoms with Crippen molar-refractivity contribution in [3.63, 3.8) is 0 Å². The predicted molar refractivity (Wildman–Crippen MR) is 71.6 cm³/mol. The molecule has 0 radical (unpaired) electrons. The zero-order valence-electron chi connectivity index (χ0n) is 11.0. The van der Waals surface area contributed by atoms with Gasteiger partial charge in [-0.05, 0) is 25.5 Å². The quantitative estimate of drug-likeness (QED) is 0.879. The molecule has 0 bridgehead atoms. The van der Waals surface area contributed by atoms with Crippen LogP contribution in [0, 0.1) is 0 Å². The molecule has 0 saturated heterocycles. The zero-order chi connectivity index (χ0) is 13.0. The van der Waals surface area contributed by atoms with E-state index in [1.165, 1.54) is 0 Å². The maximum Gasteiger partial charge on any atom is 0.241 e. The summed E-state index contributed by atoms with van der Waals surface area (Å²) in [5, 5.41) is 3.15. The van der Waals surface area contributed by atoms with Crippen molar-refractivity contribution in [2.45, 2.75) is 26.5 Å². The molecule has 1 aromatic rings. The molecule has 1 N–H and O–H groups in total. The lowest BCUT2D eigenvalue weighted by Crippen LogP contribution is -2.38. The number of nitrogens with one attached hydrogen (secondary N) is 1. The minimum absolute atomic E-state index is 0.104. The number of anilines is 1. The lowest BCUT2D eigenvalue weighted by molar-refractivity contribution is -0.117. The summed E-state index contributed by atoms with van der Waals surface area (Å²) in [5.74, 6) is 0.104. The third-order valence-corrected chi connectivity index (χ3v) is 2.94. The van der Waals surface area contributed by atoms with Gasteiger partial charge in [-0.15, -0.1) is 0 Å². The van der Waals surface area contributed by atoms with Gasteiger partial charge in [0, 0.05) is 18.8 Å². The summed E-state index contributed by atoms with van der Waals surface area (Å²) in [6, 6.07) is 8.01. The van der Waals surface area contributed by atoms with E-state index in [-0.39, 0.29) is 12.0 Å². The molecule has 0 aromatic heterocycles. The highest BCUT2D eigenvalue weighted by atomic mass is 16.5. The summed E-state index contributed by atoms with van der Waals surface area (Å²) in [5.41, 5.74) is 2.16. The second-order valence-electron chi connectivity index (χ2n) is 4.70. The van der Waals surface area contributed by atoms with Crippen molar-refractivity contribution in [1.82, 2.24) is 5.32 Å². The molecule has 0 spiro atoms. The molecule has 0 saturated carbocycles. The van der Waals surface area contributed by atoms with Gasteiger partial charge >= 0.3 is 0 Å². The average Bonchev–Trinajstić information content (AvgIpc) is 2.49. The van der Waals surface area contributed by atoms with Crippen molar-refractivity contribution >= 4 is 11.6 Å². The van der Waals surface area contributed by atoms with Gasteiger partial charge in [-0.3, -0.25) is 4.79 Å². The molecule has 2 rings (SSSR count). The topological polar surface area (TPSA) is 41.6 Å². The van der Waals surface area contributed by atoms with Crippen LogP contribution in [0.5, 0.6) is 0 Å². The Morgan fingerprint density at radius 1 is 1.33 bits per heavy atom. The van der Waals surface area contributed by atoms with Gasteiger partial charge in [-0.2, -0.15) is 0 Å². The fourth-order valence-corrected chi connectivity index (χ4v) is 2.08. The SMILES string of the molecule is CC(C)OCCN1C(=O)CNCc2ccccc21. The van der Waals surface area contributed by atoms with Crippen molar-refractivity contribution in [2.24, 2.45) is 0 Å². The maximum absolute atomic E-state index is 12.1. The van der Waals surface area contributed by atoms with Crippen molar-refractivity contribution in [3.05, 3.63) is 29.8 Å². The van der Waals surface area contributed by atoms with E-state index in [0.717, 1.165) is 17.8 Å². The molecule has 0 fully saturated rings. The first-order valence-electron chi connectivity index (χ1n) is 6.39. The number of hydrogen-bond donors (Lipinski definition) is 1. The highest BCUT2D eigenvalue weighted by Gasteiger charge is 2.21. The van der Waals surface area contributed by atoms with E-state index in [1.54, 1.807) is 0 Å². The molecule has 0 atom stereocenters. The molecular weight excluding hydrogens is 228 g/mol. The van der Waals surface area contributed by atoms with E-state index in [2.05, 4.69) is 11.4 Å². The van der Waals surface area contributed by atoms with E-state index in [4.69, 9.17) is 4.74 Å². The molecule has 1 heterocycles. The number of benzene rings is 1. The fourth-order valence-electron chi connectivity index (χ4n) is 2.08. The molecule has 0 unspecified atom stereocenters. The standard InChI is InChI=1S/C14H20N2O2/c1-11(2)18-8-7-16-13-6-4-3-5-12(13)9-15-10-14(16)17/h3-6,11,15H,7-10H2,1-2H3. The molecular formula is C14H20N2O2. The molecule has 1 aromatic carbocycles. The zero-order valence-corrected chi connectivity index (χ0v) is 11.0. The first-order valence-corrected chi connectivity index (χ1v) is 6.39. The van der Waals surface area contributed by atoms with Gasteiger partial charge in [-0.1, -0.05) is 18.2 Å². The third kappa shape index (κ3) is 3.09. The van der Waals surface area contributed by atoms with Crippen LogP contribution in [-0.2, 0) is 16.1 Å².